The Kier molecular flexibility index (Phi) is 7.64. The van der Waals surface area contributed by atoms with Gasteiger partial charge in [0.15, 0.2) is 0 Å². The number of halogens is 1. The number of rotatable bonds is 7. The van der Waals surface area contributed by atoms with E-state index >= 15 is 0 Å². The van der Waals surface area contributed by atoms with Gasteiger partial charge in [-0.15, -0.1) is 11.3 Å². The molecule has 6 nitrogen and oxygen atoms in total. The molecule has 0 fully saturated rings. The number of esters is 1. The number of anilines is 1. The summed E-state index contributed by atoms with van der Waals surface area (Å²) < 4.78 is 7.38. The van der Waals surface area contributed by atoms with Crippen LogP contribution in [-0.4, -0.2) is 23.1 Å². The smallest absolute Gasteiger partial charge is 0.341 e. The quantitative estimate of drug-likeness (QED) is 0.154. The topological polar surface area (TPSA) is 84.1 Å². The number of carbonyl (C=O) groups is 2. The van der Waals surface area contributed by atoms with Crippen molar-refractivity contribution >= 4 is 56.8 Å². The van der Waals surface area contributed by atoms with E-state index in [-0.39, 0.29) is 12.2 Å². The van der Waals surface area contributed by atoms with Gasteiger partial charge < -0.3 is 14.6 Å². The van der Waals surface area contributed by atoms with Gasteiger partial charge in [0, 0.05) is 39.1 Å². The van der Waals surface area contributed by atoms with Crippen LogP contribution in [0, 0.1) is 11.3 Å². The molecule has 2 aromatic heterocycles. The Balaban J connectivity index is 1.47. The highest BCUT2D eigenvalue weighted by Crippen LogP contribution is 2.39. The lowest BCUT2D eigenvalue weighted by Crippen LogP contribution is -2.16. The third kappa shape index (κ3) is 5.24. The standard InChI is InChI=1S/C30H26ClN3O3S/c1-2-37-30(36)27-24-8-4-6-10-26(24)38-29(27)33-28(35)20(16-32)15-21-18-34(25-9-5-3-7-23(21)25)17-19-11-13-22(31)14-12-19/h3,5,7,9,11-15,18H,2,4,6,8,10,17H2,1H3,(H,33,35). The van der Waals surface area contributed by atoms with Gasteiger partial charge in [0.1, 0.15) is 16.6 Å². The maximum absolute atomic E-state index is 13.3. The zero-order valence-corrected chi connectivity index (χ0v) is 22.5. The minimum Gasteiger partial charge on any atom is -0.462 e. The molecule has 0 aliphatic heterocycles. The molecular formula is C30H26ClN3O3S. The summed E-state index contributed by atoms with van der Waals surface area (Å²) in [5.41, 5.74) is 4.18. The number of aromatic nitrogens is 1. The third-order valence-corrected chi connectivity index (χ3v) is 8.09. The fraction of sp³-hybridized carbons (Fsp3) is 0.233. The predicted octanol–water partition coefficient (Wildman–Crippen LogP) is 7.01. The zero-order valence-electron chi connectivity index (χ0n) is 20.9. The van der Waals surface area contributed by atoms with Crippen LogP contribution in [0.25, 0.3) is 17.0 Å². The lowest BCUT2D eigenvalue weighted by Gasteiger charge is -2.12. The second kappa shape index (κ2) is 11.3. The second-order valence-corrected chi connectivity index (χ2v) is 10.7. The van der Waals surface area contributed by atoms with Gasteiger partial charge in [-0.2, -0.15) is 5.26 Å². The van der Waals surface area contributed by atoms with E-state index in [9.17, 15) is 14.9 Å². The third-order valence-electron chi connectivity index (χ3n) is 6.63. The summed E-state index contributed by atoms with van der Waals surface area (Å²) in [6.45, 7) is 2.62. The number of nitrogens with one attached hydrogen (secondary N) is 1. The first kappa shape index (κ1) is 25.8. The average molecular weight is 544 g/mol. The number of thiophene rings is 1. The number of hydrogen-bond donors (Lipinski definition) is 1. The summed E-state index contributed by atoms with van der Waals surface area (Å²) in [7, 11) is 0. The van der Waals surface area contributed by atoms with E-state index in [1.54, 1.807) is 13.0 Å². The molecular weight excluding hydrogens is 518 g/mol. The van der Waals surface area contributed by atoms with Gasteiger partial charge in [0.25, 0.3) is 5.91 Å². The first-order valence-electron chi connectivity index (χ1n) is 12.6. The van der Waals surface area contributed by atoms with Crippen molar-refractivity contribution in [3.8, 4) is 6.07 Å². The summed E-state index contributed by atoms with van der Waals surface area (Å²) >= 11 is 7.44. The van der Waals surface area contributed by atoms with Crippen LogP contribution in [0.1, 0.15) is 51.7 Å². The minimum atomic E-state index is -0.550. The molecule has 4 aromatic rings. The van der Waals surface area contributed by atoms with Gasteiger partial charge in [-0.25, -0.2) is 4.79 Å². The van der Waals surface area contributed by atoms with Crippen LogP contribution in [0.5, 0.6) is 0 Å². The summed E-state index contributed by atoms with van der Waals surface area (Å²) in [6.07, 6.45) is 7.24. The van der Waals surface area contributed by atoms with E-state index < -0.39 is 11.9 Å². The fourth-order valence-electron chi connectivity index (χ4n) is 4.86. The highest BCUT2D eigenvalue weighted by atomic mass is 35.5. The van der Waals surface area contributed by atoms with Crippen molar-refractivity contribution in [2.24, 2.45) is 0 Å². The van der Waals surface area contributed by atoms with E-state index in [1.165, 1.54) is 11.3 Å². The van der Waals surface area contributed by atoms with Crippen LogP contribution in [-0.2, 0) is 28.9 Å². The van der Waals surface area contributed by atoms with Crippen molar-refractivity contribution in [3.05, 3.63) is 92.5 Å². The Morgan fingerprint density at radius 1 is 1.16 bits per heavy atom. The number of nitrogens with zero attached hydrogens (tertiary/aromatic N) is 2. The van der Waals surface area contributed by atoms with Crippen LogP contribution in [0.4, 0.5) is 5.00 Å². The summed E-state index contributed by atoms with van der Waals surface area (Å²) in [5.74, 6) is -0.985. The van der Waals surface area contributed by atoms with Gasteiger partial charge >= 0.3 is 5.97 Å². The van der Waals surface area contributed by atoms with Crippen molar-refractivity contribution < 1.29 is 14.3 Å². The number of carbonyl (C=O) groups excluding carboxylic acids is 2. The van der Waals surface area contributed by atoms with Crippen molar-refractivity contribution in [1.29, 1.82) is 5.26 Å². The molecule has 0 bridgehead atoms. The number of para-hydroxylation sites is 1. The molecule has 0 saturated carbocycles. The SMILES string of the molecule is CCOC(=O)c1c(NC(=O)C(C#N)=Cc2cn(Cc3ccc(Cl)cc3)c3ccccc23)sc2c1CCCC2. The lowest BCUT2D eigenvalue weighted by molar-refractivity contribution is -0.112. The number of hydrogen-bond acceptors (Lipinski definition) is 5. The lowest BCUT2D eigenvalue weighted by atomic mass is 9.95. The Morgan fingerprint density at radius 2 is 1.92 bits per heavy atom. The maximum atomic E-state index is 13.3. The molecule has 0 unspecified atom stereocenters. The molecule has 0 saturated heterocycles. The Bertz CT molecular complexity index is 1590. The largest absolute Gasteiger partial charge is 0.462 e. The summed E-state index contributed by atoms with van der Waals surface area (Å²) in [6, 6.07) is 17.6. The van der Waals surface area contributed by atoms with Crippen molar-refractivity contribution in [3.63, 3.8) is 0 Å². The molecule has 0 spiro atoms. The Hall–Kier alpha value is -3.86. The van der Waals surface area contributed by atoms with Gasteiger partial charge in [0.2, 0.25) is 0 Å². The molecule has 1 aliphatic carbocycles. The molecule has 1 aliphatic rings. The molecule has 0 radical (unpaired) electrons. The van der Waals surface area contributed by atoms with Gasteiger partial charge in [-0.1, -0.05) is 41.9 Å². The van der Waals surface area contributed by atoms with Gasteiger partial charge in [0.05, 0.1) is 12.2 Å². The Labute approximate surface area is 230 Å². The van der Waals surface area contributed by atoms with Gasteiger partial charge in [-0.3, -0.25) is 4.79 Å². The second-order valence-electron chi connectivity index (χ2n) is 9.12. The molecule has 5 rings (SSSR count). The van der Waals surface area contributed by atoms with Crippen molar-refractivity contribution in [2.45, 2.75) is 39.2 Å². The molecule has 1 amide bonds. The number of aryl methyl sites for hydroxylation is 1. The van der Waals surface area contributed by atoms with E-state index in [0.717, 1.165) is 58.2 Å². The summed E-state index contributed by atoms with van der Waals surface area (Å²) in [5, 5.41) is 14.8. The molecule has 2 aromatic carbocycles. The van der Waals surface area contributed by atoms with Crippen LogP contribution >= 0.6 is 22.9 Å². The molecule has 8 heteroatoms. The van der Waals surface area contributed by atoms with E-state index in [1.807, 2.05) is 60.8 Å². The van der Waals surface area contributed by atoms with E-state index in [0.29, 0.717) is 22.1 Å². The zero-order chi connectivity index (χ0) is 26.6. The first-order valence-corrected chi connectivity index (χ1v) is 13.7. The molecule has 192 valence electrons. The fourth-order valence-corrected chi connectivity index (χ4v) is 6.25. The number of ether oxygens (including phenoxy) is 1. The van der Waals surface area contributed by atoms with Crippen molar-refractivity contribution in [1.82, 2.24) is 4.57 Å². The van der Waals surface area contributed by atoms with Crippen molar-refractivity contribution in [2.75, 3.05) is 11.9 Å². The van der Waals surface area contributed by atoms with E-state index in [2.05, 4.69) is 9.88 Å². The highest BCUT2D eigenvalue weighted by molar-refractivity contribution is 7.17. The van der Waals surface area contributed by atoms with Crippen LogP contribution in [0.2, 0.25) is 5.02 Å². The monoisotopic (exact) mass is 543 g/mol. The summed E-state index contributed by atoms with van der Waals surface area (Å²) in [4.78, 5) is 27.2. The van der Waals surface area contributed by atoms with E-state index in [4.69, 9.17) is 16.3 Å². The average Bonchev–Trinajstić information content (AvgIpc) is 3.46. The van der Waals surface area contributed by atoms with Crippen LogP contribution in [0.3, 0.4) is 0 Å². The Morgan fingerprint density at radius 3 is 2.68 bits per heavy atom. The normalized spacial score (nSPS) is 13.1. The molecule has 0 atom stereocenters. The number of amides is 1. The molecule has 38 heavy (non-hydrogen) atoms. The van der Waals surface area contributed by atoms with Crippen LogP contribution in [0.15, 0.2) is 60.3 Å². The predicted molar refractivity (Wildman–Crippen MR) is 152 cm³/mol. The van der Waals surface area contributed by atoms with Gasteiger partial charge in [-0.05, 0) is 68.0 Å². The maximum Gasteiger partial charge on any atom is 0.341 e. The number of fused-ring (bicyclic) bond motifs is 2. The number of nitriles is 1. The van der Waals surface area contributed by atoms with Crippen LogP contribution < -0.4 is 5.32 Å². The minimum absolute atomic E-state index is 0.0411. The molecule has 1 N–H and O–H groups in total. The highest BCUT2D eigenvalue weighted by Gasteiger charge is 2.28. The number of benzene rings is 2. The molecule has 2 heterocycles. The first-order chi connectivity index (χ1) is 18.5.